The number of imide groups is 2. The molecule has 0 saturated carbocycles. The highest BCUT2D eigenvalue weighted by Crippen LogP contribution is 2.23. The highest BCUT2D eigenvalue weighted by molar-refractivity contribution is 6.45. The Morgan fingerprint density at radius 3 is 2.25 bits per heavy atom. The van der Waals surface area contributed by atoms with Crippen LogP contribution in [0.15, 0.2) is 18.2 Å². The summed E-state index contributed by atoms with van der Waals surface area (Å²) in [6.45, 7) is 1.38. The first-order chi connectivity index (χ1) is 11.3. The third kappa shape index (κ3) is 3.52. The second kappa shape index (κ2) is 7.19. The summed E-state index contributed by atoms with van der Waals surface area (Å²) >= 11 is 11.8. The van der Waals surface area contributed by atoms with Crippen molar-refractivity contribution in [2.45, 2.75) is 13.5 Å². The molecule has 1 aliphatic rings. The van der Waals surface area contributed by atoms with E-state index in [0.29, 0.717) is 14.9 Å². The van der Waals surface area contributed by atoms with Crippen LogP contribution in [0.2, 0.25) is 10.0 Å². The van der Waals surface area contributed by atoms with Gasteiger partial charge in [0.05, 0.1) is 10.0 Å². The Balaban J connectivity index is 2.03. The monoisotopic (exact) mass is 371 g/mol. The molecule has 0 atom stereocenters. The summed E-state index contributed by atoms with van der Waals surface area (Å²) in [5, 5.41) is 0.768. The number of nitrogens with zero attached hydrogens (tertiary/aromatic N) is 3. The minimum Gasteiger partial charge on any atom is -0.340 e. The van der Waals surface area contributed by atoms with Crippen LogP contribution >= 0.6 is 23.2 Å². The average molecular weight is 372 g/mol. The van der Waals surface area contributed by atoms with Crippen LogP contribution in [0.4, 0.5) is 4.79 Å². The third-order valence-corrected chi connectivity index (χ3v) is 4.31. The van der Waals surface area contributed by atoms with E-state index in [1.807, 2.05) is 0 Å². The summed E-state index contributed by atoms with van der Waals surface area (Å²) in [5.74, 6) is -2.38. The Morgan fingerprint density at radius 2 is 1.71 bits per heavy atom. The van der Waals surface area contributed by atoms with E-state index in [4.69, 9.17) is 23.2 Å². The highest BCUT2D eigenvalue weighted by atomic mass is 35.5. The van der Waals surface area contributed by atoms with Crippen molar-refractivity contribution in [1.82, 2.24) is 14.7 Å². The summed E-state index contributed by atoms with van der Waals surface area (Å²) in [6, 6.07) is 4.18. The van der Waals surface area contributed by atoms with Gasteiger partial charge in [-0.1, -0.05) is 29.3 Å². The Labute approximate surface area is 148 Å². The molecule has 128 valence electrons. The van der Waals surface area contributed by atoms with Crippen molar-refractivity contribution in [3.63, 3.8) is 0 Å². The minimum absolute atomic E-state index is 0.0766. The van der Waals surface area contributed by atoms with Gasteiger partial charge in [0.25, 0.3) is 0 Å². The number of amides is 5. The zero-order chi connectivity index (χ0) is 18.0. The van der Waals surface area contributed by atoms with Crippen LogP contribution in [0.5, 0.6) is 0 Å². The molecule has 0 spiro atoms. The van der Waals surface area contributed by atoms with Gasteiger partial charge in [0.1, 0.15) is 6.54 Å². The smallest absolute Gasteiger partial charge is 0.334 e. The van der Waals surface area contributed by atoms with E-state index in [1.54, 1.807) is 25.1 Å². The largest absolute Gasteiger partial charge is 0.340 e. The van der Waals surface area contributed by atoms with Gasteiger partial charge in [-0.2, -0.15) is 0 Å². The molecule has 24 heavy (non-hydrogen) atoms. The predicted octanol–water partition coefficient (Wildman–Crippen LogP) is 1.76. The Bertz CT molecular complexity index is 723. The first-order valence-electron chi connectivity index (χ1n) is 7.11. The number of benzene rings is 1. The molecular formula is C15H15Cl2N3O4. The zero-order valence-electron chi connectivity index (χ0n) is 13.1. The number of carbonyl (C=O) groups excluding carboxylic acids is 4. The van der Waals surface area contributed by atoms with E-state index in [2.05, 4.69) is 0 Å². The lowest BCUT2D eigenvalue weighted by Crippen LogP contribution is -2.42. The number of urea groups is 1. The number of likely N-dealkylation sites (N-methyl/N-ethyl adjacent to an activating group) is 2. The number of rotatable bonds is 5. The SMILES string of the molecule is CCN1C(=O)C(=O)N(CC(=O)N(C)Cc2ccc(Cl)c(Cl)c2)C1=O. The number of halogens is 2. The highest BCUT2D eigenvalue weighted by Gasteiger charge is 2.44. The summed E-state index contributed by atoms with van der Waals surface area (Å²) in [5.41, 5.74) is 0.741. The fourth-order valence-corrected chi connectivity index (χ4v) is 2.55. The first kappa shape index (κ1) is 18.2. The molecule has 7 nitrogen and oxygen atoms in total. The van der Waals surface area contributed by atoms with E-state index < -0.39 is 30.3 Å². The quantitative estimate of drug-likeness (QED) is 0.583. The maximum atomic E-state index is 12.2. The van der Waals surface area contributed by atoms with Gasteiger partial charge in [-0.15, -0.1) is 0 Å². The molecule has 1 saturated heterocycles. The molecule has 0 bridgehead atoms. The summed E-state index contributed by atoms with van der Waals surface area (Å²) < 4.78 is 0. The molecule has 1 fully saturated rings. The molecule has 0 aromatic heterocycles. The van der Waals surface area contributed by atoms with Crippen molar-refractivity contribution in [3.8, 4) is 0 Å². The van der Waals surface area contributed by atoms with Gasteiger partial charge in [-0.05, 0) is 24.6 Å². The van der Waals surface area contributed by atoms with Crippen molar-refractivity contribution < 1.29 is 19.2 Å². The van der Waals surface area contributed by atoms with Crippen molar-refractivity contribution >= 4 is 47.0 Å². The van der Waals surface area contributed by atoms with Crippen LogP contribution in [0, 0.1) is 0 Å². The summed E-state index contributed by atoms with van der Waals surface area (Å²) in [6.07, 6.45) is 0. The second-order valence-corrected chi connectivity index (χ2v) is 6.04. The van der Waals surface area contributed by atoms with Gasteiger partial charge in [-0.25, -0.2) is 9.69 Å². The molecular weight excluding hydrogens is 357 g/mol. The van der Waals surface area contributed by atoms with Gasteiger partial charge in [0.15, 0.2) is 0 Å². The zero-order valence-corrected chi connectivity index (χ0v) is 14.6. The lowest BCUT2D eigenvalue weighted by Gasteiger charge is -2.20. The molecule has 1 aromatic rings. The number of hydrogen-bond donors (Lipinski definition) is 0. The van der Waals surface area contributed by atoms with E-state index in [-0.39, 0.29) is 13.1 Å². The first-order valence-corrected chi connectivity index (χ1v) is 7.87. The molecule has 1 aliphatic heterocycles. The Morgan fingerprint density at radius 1 is 1.08 bits per heavy atom. The van der Waals surface area contributed by atoms with Gasteiger partial charge in [0.2, 0.25) is 5.91 Å². The fourth-order valence-electron chi connectivity index (χ4n) is 2.22. The number of carbonyl (C=O) groups is 4. The lowest BCUT2D eigenvalue weighted by molar-refractivity contribution is -0.144. The van der Waals surface area contributed by atoms with Gasteiger partial charge in [0, 0.05) is 20.1 Å². The fraction of sp³-hybridized carbons (Fsp3) is 0.333. The molecule has 1 heterocycles. The normalized spacial score (nSPS) is 14.6. The molecule has 0 radical (unpaired) electrons. The average Bonchev–Trinajstić information content (AvgIpc) is 2.74. The van der Waals surface area contributed by atoms with Crippen molar-refractivity contribution in [2.75, 3.05) is 20.1 Å². The van der Waals surface area contributed by atoms with E-state index in [9.17, 15) is 19.2 Å². The summed E-state index contributed by atoms with van der Waals surface area (Å²) in [4.78, 5) is 50.4. The Kier molecular flexibility index (Phi) is 5.46. The van der Waals surface area contributed by atoms with E-state index >= 15 is 0 Å². The third-order valence-electron chi connectivity index (χ3n) is 3.57. The topological polar surface area (TPSA) is 78.0 Å². The molecule has 1 aromatic carbocycles. The maximum absolute atomic E-state index is 12.2. The van der Waals surface area contributed by atoms with Crippen LogP contribution < -0.4 is 0 Å². The van der Waals surface area contributed by atoms with Gasteiger partial charge >= 0.3 is 17.8 Å². The van der Waals surface area contributed by atoms with E-state index in [0.717, 1.165) is 10.5 Å². The molecule has 2 rings (SSSR count). The van der Waals surface area contributed by atoms with Crippen LogP contribution in [0.3, 0.4) is 0 Å². The number of hydrogen-bond acceptors (Lipinski definition) is 4. The van der Waals surface area contributed by atoms with Crippen LogP contribution in [0.25, 0.3) is 0 Å². The Hall–Kier alpha value is -2.12. The van der Waals surface area contributed by atoms with Crippen molar-refractivity contribution in [3.05, 3.63) is 33.8 Å². The minimum atomic E-state index is -0.988. The lowest BCUT2D eigenvalue weighted by atomic mass is 10.2. The standard InChI is InChI=1S/C15H15Cl2N3O4/c1-3-19-13(22)14(23)20(15(19)24)8-12(21)18(2)7-9-4-5-10(16)11(17)6-9/h4-6H,3,7-8H2,1-2H3. The van der Waals surface area contributed by atoms with Crippen molar-refractivity contribution in [1.29, 1.82) is 0 Å². The van der Waals surface area contributed by atoms with Gasteiger partial charge < -0.3 is 4.90 Å². The van der Waals surface area contributed by atoms with Crippen LogP contribution in [-0.4, -0.2) is 58.6 Å². The van der Waals surface area contributed by atoms with Crippen LogP contribution in [0.1, 0.15) is 12.5 Å². The second-order valence-electron chi connectivity index (χ2n) is 5.22. The molecule has 0 aliphatic carbocycles. The van der Waals surface area contributed by atoms with Crippen molar-refractivity contribution in [2.24, 2.45) is 0 Å². The summed E-state index contributed by atoms with van der Waals surface area (Å²) in [7, 11) is 1.52. The predicted molar refractivity (Wildman–Crippen MR) is 87.4 cm³/mol. The molecule has 0 unspecified atom stereocenters. The molecule has 9 heteroatoms. The molecule has 0 N–H and O–H groups in total. The maximum Gasteiger partial charge on any atom is 0.334 e. The van der Waals surface area contributed by atoms with E-state index in [1.165, 1.54) is 11.9 Å². The van der Waals surface area contributed by atoms with Gasteiger partial charge in [-0.3, -0.25) is 19.3 Å². The van der Waals surface area contributed by atoms with Crippen LogP contribution in [-0.2, 0) is 20.9 Å². The molecule has 5 amide bonds.